The summed E-state index contributed by atoms with van der Waals surface area (Å²) in [5.41, 5.74) is 0.761. The van der Waals surface area contributed by atoms with Crippen molar-refractivity contribution in [2.75, 3.05) is 7.11 Å². The second kappa shape index (κ2) is 4.53. The number of ether oxygens (including phenoxy) is 1. The summed E-state index contributed by atoms with van der Waals surface area (Å²) in [6, 6.07) is 1.72. The van der Waals surface area contributed by atoms with Crippen LogP contribution in [-0.4, -0.2) is 18.2 Å². The molecule has 2 rings (SSSR count). The van der Waals surface area contributed by atoms with Crippen molar-refractivity contribution in [3.8, 4) is 5.75 Å². The lowest BCUT2D eigenvalue weighted by Gasteiger charge is -2.18. The normalized spacial score (nSPS) is 16.4. The Morgan fingerprint density at radius 3 is 2.67 bits per heavy atom. The zero-order chi connectivity index (χ0) is 13.5. The molecule has 1 saturated carbocycles. The van der Waals surface area contributed by atoms with Gasteiger partial charge in [0.2, 0.25) is 0 Å². The van der Waals surface area contributed by atoms with Crippen LogP contribution in [-0.2, 0) is 10.2 Å². The number of rotatable bonds is 4. The predicted octanol–water partition coefficient (Wildman–Crippen LogP) is 3.41. The highest BCUT2D eigenvalue weighted by Gasteiger charge is 2.48. The number of hydrogen-bond donors (Lipinski definition) is 1. The third-order valence-corrected chi connectivity index (χ3v) is 4.45. The lowest BCUT2D eigenvalue weighted by Crippen LogP contribution is -2.15. The number of benzene rings is 1. The summed E-state index contributed by atoms with van der Waals surface area (Å²) in [4.78, 5) is 10.9. The number of methoxy groups -OCH3 is 1. The van der Waals surface area contributed by atoms with Crippen LogP contribution in [0.5, 0.6) is 5.75 Å². The van der Waals surface area contributed by atoms with Crippen molar-refractivity contribution in [2.45, 2.75) is 31.6 Å². The molecule has 3 nitrogen and oxygen atoms in total. The maximum absolute atomic E-state index is 14.4. The molecule has 5 heteroatoms. The van der Waals surface area contributed by atoms with Gasteiger partial charge in [0.05, 0.1) is 18.0 Å². The first-order valence-electron chi connectivity index (χ1n) is 5.66. The molecule has 98 valence electrons. The number of halogens is 2. The highest BCUT2D eigenvalue weighted by Crippen LogP contribution is 2.53. The second-order valence-electron chi connectivity index (χ2n) is 4.75. The molecule has 0 radical (unpaired) electrons. The van der Waals surface area contributed by atoms with Gasteiger partial charge in [-0.05, 0) is 46.8 Å². The average molecular weight is 317 g/mol. The van der Waals surface area contributed by atoms with Gasteiger partial charge in [-0.15, -0.1) is 0 Å². The molecule has 1 fully saturated rings. The number of aliphatic carboxylic acids is 1. The molecule has 18 heavy (non-hydrogen) atoms. The standard InChI is InChI=1S/C13H14BrFO3/c1-7-5-8(11(15)12(18-2)10(7)14)13(3-4-13)6-9(16)17/h5H,3-4,6H2,1-2H3,(H,16,17). The van der Waals surface area contributed by atoms with Gasteiger partial charge in [0.25, 0.3) is 0 Å². The first kappa shape index (κ1) is 13.3. The van der Waals surface area contributed by atoms with Crippen LogP contribution in [0.4, 0.5) is 4.39 Å². The molecule has 0 amide bonds. The van der Waals surface area contributed by atoms with E-state index in [9.17, 15) is 9.18 Å². The van der Waals surface area contributed by atoms with Crippen molar-refractivity contribution in [3.63, 3.8) is 0 Å². The van der Waals surface area contributed by atoms with Crippen LogP contribution in [0, 0.1) is 12.7 Å². The molecule has 1 aliphatic rings. The van der Waals surface area contributed by atoms with Crippen LogP contribution in [0.25, 0.3) is 0 Å². The zero-order valence-corrected chi connectivity index (χ0v) is 11.8. The SMILES string of the molecule is COc1c(F)c(C2(CC(=O)O)CC2)cc(C)c1Br. The smallest absolute Gasteiger partial charge is 0.304 e. The van der Waals surface area contributed by atoms with Crippen molar-refractivity contribution >= 4 is 21.9 Å². The predicted molar refractivity (Wildman–Crippen MR) is 68.6 cm³/mol. The summed E-state index contributed by atoms with van der Waals surface area (Å²) < 4.78 is 20.0. The van der Waals surface area contributed by atoms with Gasteiger partial charge >= 0.3 is 5.97 Å². The quantitative estimate of drug-likeness (QED) is 0.926. The first-order chi connectivity index (χ1) is 8.41. The number of aryl methyl sites for hydroxylation is 1. The molecule has 1 aromatic rings. The highest BCUT2D eigenvalue weighted by atomic mass is 79.9. The Balaban J connectivity index is 2.52. The molecule has 1 aliphatic carbocycles. The highest BCUT2D eigenvalue weighted by molar-refractivity contribution is 9.10. The molecule has 0 atom stereocenters. The van der Waals surface area contributed by atoms with Gasteiger partial charge in [0, 0.05) is 5.41 Å². The van der Waals surface area contributed by atoms with Gasteiger partial charge in [-0.25, -0.2) is 4.39 Å². The molecule has 0 spiro atoms. The van der Waals surface area contributed by atoms with E-state index in [2.05, 4.69) is 15.9 Å². The van der Waals surface area contributed by atoms with Crippen molar-refractivity contribution < 1.29 is 19.0 Å². The fraction of sp³-hybridized carbons (Fsp3) is 0.462. The third kappa shape index (κ3) is 2.11. The molecule has 1 aromatic carbocycles. The Morgan fingerprint density at radius 2 is 2.22 bits per heavy atom. The third-order valence-electron chi connectivity index (χ3n) is 3.46. The van der Waals surface area contributed by atoms with E-state index in [0.717, 1.165) is 5.56 Å². The van der Waals surface area contributed by atoms with Crippen LogP contribution in [0.1, 0.15) is 30.4 Å². The summed E-state index contributed by atoms with van der Waals surface area (Å²) >= 11 is 3.28. The van der Waals surface area contributed by atoms with Crippen LogP contribution in [0.15, 0.2) is 10.5 Å². The summed E-state index contributed by atoms with van der Waals surface area (Å²) in [5, 5.41) is 8.93. The summed E-state index contributed by atoms with van der Waals surface area (Å²) in [7, 11) is 1.41. The van der Waals surface area contributed by atoms with E-state index in [1.54, 1.807) is 6.07 Å². The van der Waals surface area contributed by atoms with Gasteiger partial charge in [-0.2, -0.15) is 0 Å². The maximum Gasteiger partial charge on any atom is 0.304 e. The molecule has 0 aliphatic heterocycles. The van der Waals surface area contributed by atoms with Gasteiger partial charge in [-0.1, -0.05) is 6.07 Å². The summed E-state index contributed by atoms with van der Waals surface area (Å²) in [5.74, 6) is -1.19. The lowest BCUT2D eigenvalue weighted by molar-refractivity contribution is -0.137. The summed E-state index contributed by atoms with van der Waals surface area (Å²) in [6.07, 6.45) is 1.38. The average Bonchev–Trinajstić information content (AvgIpc) is 3.04. The fourth-order valence-corrected chi connectivity index (χ4v) is 2.74. The largest absolute Gasteiger partial charge is 0.492 e. The maximum atomic E-state index is 14.4. The van der Waals surface area contributed by atoms with Gasteiger partial charge in [0.15, 0.2) is 11.6 Å². The Kier molecular flexibility index (Phi) is 3.36. The molecule has 0 aromatic heterocycles. The van der Waals surface area contributed by atoms with E-state index in [1.165, 1.54) is 7.11 Å². The zero-order valence-electron chi connectivity index (χ0n) is 10.2. The number of carbonyl (C=O) groups is 1. The van der Waals surface area contributed by atoms with Crippen molar-refractivity contribution in [2.24, 2.45) is 0 Å². The van der Waals surface area contributed by atoms with E-state index in [4.69, 9.17) is 9.84 Å². The van der Waals surface area contributed by atoms with E-state index in [1.807, 2.05) is 6.92 Å². The second-order valence-corrected chi connectivity index (χ2v) is 5.55. The fourth-order valence-electron chi connectivity index (χ4n) is 2.29. The van der Waals surface area contributed by atoms with E-state index in [-0.39, 0.29) is 12.2 Å². The first-order valence-corrected chi connectivity index (χ1v) is 6.45. The van der Waals surface area contributed by atoms with Crippen molar-refractivity contribution in [1.29, 1.82) is 0 Å². The minimum Gasteiger partial charge on any atom is -0.492 e. The summed E-state index contributed by atoms with van der Waals surface area (Å²) in [6.45, 7) is 1.84. The number of hydrogen-bond acceptors (Lipinski definition) is 2. The van der Waals surface area contributed by atoms with Crippen molar-refractivity contribution in [1.82, 2.24) is 0 Å². The number of carboxylic acid groups (broad SMARTS) is 1. The molecular weight excluding hydrogens is 303 g/mol. The van der Waals surface area contributed by atoms with Crippen LogP contribution >= 0.6 is 15.9 Å². The molecule has 0 unspecified atom stereocenters. The van der Waals surface area contributed by atoms with Gasteiger partial charge in [-0.3, -0.25) is 4.79 Å². The van der Waals surface area contributed by atoms with Crippen LogP contribution < -0.4 is 4.74 Å². The molecule has 0 heterocycles. The van der Waals surface area contributed by atoms with E-state index >= 15 is 0 Å². The molecule has 0 saturated heterocycles. The monoisotopic (exact) mass is 316 g/mol. The Morgan fingerprint density at radius 1 is 1.61 bits per heavy atom. The van der Waals surface area contributed by atoms with Crippen LogP contribution in [0.2, 0.25) is 0 Å². The Labute approximate surface area is 113 Å². The minimum absolute atomic E-state index is 0.0336. The Hall–Kier alpha value is -1.10. The van der Waals surface area contributed by atoms with Crippen molar-refractivity contribution in [3.05, 3.63) is 27.5 Å². The van der Waals surface area contributed by atoms with Crippen LogP contribution in [0.3, 0.4) is 0 Å². The van der Waals surface area contributed by atoms with Gasteiger partial charge in [0.1, 0.15) is 0 Å². The van der Waals surface area contributed by atoms with E-state index < -0.39 is 17.2 Å². The Bertz CT molecular complexity index is 509. The van der Waals surface area contributed by atoms with E-state index in [0.29, 0.717) is 22.9 Å². The topological polar surface area (TPSA) is 46.5 Å². The molecular formula is C13H14BrFO3. The van der Waals surface area contributed by atoms with Gasteiger partial charge < -0.3 is 9.84 Å². The lowest BCUT2D eigenvalue weighted by atomic mass is 9.90. The minimum atomic E-state index is -0.897. The number of carboxylic acids is 1. The molecule has 0 bridgehead atoms. The molecule has 1 N–H and O–H groups in total.